The Kier molecular flexibility index (Phi) is 5.95. The third-order valence-electron chi connectivity index (χ3n) is 5.82. The van der Waals surface area contributed by atoms with Crippen LogP contribution in [0.3, 0.4) is 0 Å². The highest BCUT2D eigenvalue weighted by Crippen LogP contribution is 2.42. The highest BCUT2D eigenvalue weighted by molar-refractivity contribution is 7.16. The van der Waals surface area contributed by atoms with E-state index in [2.05, 4.69) is 10.6 Å². The van der Waals surface area contributed by atoms with Crippen molar-refractivity contribution in [3.8, 4) is 11.5 Å². The minimum atomic E-state index is -0.624. The van der Waals surface area contributed by atoms with Gasteiger partial charge in [0.15, 0.2) is 11.5 Å². The number of rotatable bonds is 4. The van der Waals surface area contributed by atoms with E-state index in [0.717, 1.165) is 41.8 Å². The minimum Gasteiger partial charge on any atom is -0.493 e. The summed E-state index contributed by atoms with van der Waals surface area (Å²) in [5.74, 6) is -0.0921. The number of fused-ring (bicyclic) bond motifs is 3. The number of esters is 1. The molecule has 33 heavy (non-hydrogen) atoms. The van der Waals surface area contributed by atoms with Gasteiger partial charge in [-0.1, -0.05) is 29.3 Å². The van der Waals surface area contributed by atoms with E-state index < -0.39 is 12.1 Å². The maximum absolute atomic E-state index is 12.9. The normalized spacial score (nSPS) is 16.8. The Morgan fingerprint density at radius 2 is 1.88 bits per heavy atom. The van der Waals surface area contributed by atoms with Crippen LogP contribution in [0.5, 0.6) is 11.5 Å². The van der Waals surface area contributed by atoms with Crippen LogP contribution in [-0.4, -0.2) is 19.0 Å². The van der Waals surface area contributed by atoms with Gasteiger partial charge in [-0.2, -0.15) is 0 Å². The van der Waals surface area contributed by atoms with Crippen molar-refractivity contribution < 1.29 is 19.1 Å². The van der Waals surface area contributed by atoms with Crippen LogP contribution in [-0.2, 0) is 12.8 Å². The fraction of sp³-hybridized carbons (Fsp3) is 0.250. The number of thiophene rings is 1. The molecule has 1 aliphatic carbocycles. The summed E-state index contributed by atoms with van der Waals surface area (Å²) in [5.41, 5.74) is 2.94. The number of anilines is 1. The molecule has 2 aromatic carbocycles. The van der Waals surface area contributed by atoms with Gasteiger partial charge in [0.25, 0.3) is 5.91 Å². The van der Waals surface area contributed by atoms with Crippen molar-refractivity contribution >= 4 is 51.4 Å². The average Bonchev–Trinajstić information content (AvgIpc) is 3.18. The Morgan fingerprint density at radius 3 is 2.67 bits per heavy atom. The van der Waals surface area contributed by atoms with Gasteiger partial charge in [0.05, 0.1) is 23.3 Å². The summed E-state index contributed by atoms with van der Waals surface area (Å²) in [5, 5.41) is 8.01. The molecule has 170 valence electrons. The molecule has 2 heterocycles. The Labute approximate surface area is 204 Å². The van der Waals surface area contributed by atoms with E-state index in [9.17, 15) is 9.59 Å². The molecule has 0 saturated heterocycles. The molecule has 1 amide bonds. The van der Waals surface area contributed by atoms with Crippen LogP contribution >= 0.6 is 34.5 Å². The molecule has 0 saturated carbocycles. The van der Waals surface area contributed by atoms with Crippen LogP contribution in [0.15, 0.2) is 36.4 Å². The SMILES string of the molecule is COc1cc(C2NC(=O)c3c(sc4c3CCCC4)N2)ccc1OC(=O)c1ccc(Cl)cc1Cl. The Balaban J connectivity index is 1.39. The number of amides is 1. The lowest BCUT2D eigenvalue weighted by molar-refractivity contribution is 0.0729. The number of carbonyl (C=O) groups excluding carboxylic acids is 2. The average molecular weight is 503 g/mol. The molecular formula is C24H20Cl2N2O4S. The predicted octanol–water partition coefficient (Wildman–Crippen LogP) is 6.02. The molecule has 0 bridgehead atoms. The number of methoxy groups -OCH3 is 1. The van der Waals surface area contributed by atoms with Crippen molar-refractivity contribution in [1.82, 2.24) is 5.32 Å². The van der Waals surface area contributed by atoms with Crippen molar-refractivity contribution in [1.29, 1.82) is 0 Å². The Morgan fingerprint density at radius 1 is 1.06 bits per heavy atom. The molecule has 1 aromatic heterocycles. The molecule has 1 aliphatic heterocycles. The third-order valence-corrected chi connectivity index (χ3v) is 7.59. The van der Waals surface area contributed by atoms with Crippen LogP contribution in [0.25, 0.3) is 0 Å². The van der Waals surface area contributed by atoms with Gasteiger partial charge in [-0.25, -0.2) is 4.79 Å². The number of halogens is 2. The molecule has 1 atom stereocenters. The first-order valence-electron chi connectivity index (χ1n) is 10.5. The molecular weight excluding hydrogens is 483 g/mol. The topological polar surface area (TPSA) is 76.7 Å². The lowest BCUT2D eigenvalue weighted by Crippen LogP contribution is -2.38. The summed E-state index contributed by atoms with van der Waals surface area (Å²) < 4.78 is 11.0. The first kappa shape index (κ1) is 22.1. The monoisotopic (exact) mass is 502 g/mol. The number of hydrogen-bond acceptors (Lipinski definition) is 6. The third kappa shape index (κ3) is 4.16. The second kappa shape index (κ2) is 8.89. The zero-order valence-electron chi connectivity index (χ0n) is 17.7. The van der Waals surface area contributed by atoms with E-state index >= 15 is 0 Å². The maximum Gasteiger partial charge on any atom is 0.345 e. The lowest BCUT2D eigenvalue weighted by atomic mass is 9.94. The fourth-order valence-electron chi connectivity index (χ4n) is 4.20. The molecule has 0 spiro atoms. The molecule has 3 aromatic rings. The lowest BCUT2D eigenvalue weighted by Gasteiger charge is -2.27. The van der Waals surface area contributed by atoms with E-state index in [1.165, 1.54) is 29.7 Å². The van der Waals surface area contributed by atoms with E-state index in [-0.39, 0.29) is 22.2 Å². The number of nitrogens with one attached hydrogen (secondary N) is 2. The zero-order valence-corrected chi connectivity index (χ0v) is 20.0. The number of carbonyl (C=O) groups is 2. The van der Waals surface area contributed by atoms with Gasteiger partial charge in [0.2, 0.25) is 0 Å². The summed E-state index contributed by atoms with van der Waals surface area (Å²) in [4.78, 5) is 26.8. The van der Waals surface area contributed by atoms with Crippen molar-refractivity contribution in [3.05, 3.63) is 73.6 Å². The largest absolute Gasteiger partial charge is 0.493 e. The van der Waals surface area contributed by atoms with Crippen molar-refractivity contribution in [2.45, 2.75) is 31.8 Å². The van der Waals surface area contributed by atoms with Crippen molar-refractivity contribution in [2.24, 2.45) is 0 Å². The summed E-state index contributed by atoms with van der Waals surface area (Å²) in [7, 11) is 1.49. The summed E-state index contributed by atoms with van der Waals surface area (Å²) >= 11 is 13.7. The highest BCUT2D eigenvalue weighted by atomic mass is 35.5. The van der Waals surface area contributed by atoms with Crippen LogP contribution in [0, 0.1) is 0 Å². The van der Waals surface area contributed by atoms with Gasteiger partial charge < -0.3 is 20.1 Å². The predicted molar refractivity (Wildman–Crippen MR) is 129 cm³/mol. The molecule has 0 fully saturated rings. The van der Waals surface area contributed by atoms with E-state index in [1.54, 1.807) is 35.6 Å². The van der Waals surface area contributed by atoms with Gasteiger partial charge in [-0.15, -0.1) is 11.3 Å². The van der Waals surface area contributed by atoms with E-state index in [0.29, 0.717) is 10.8 Å². The Bertz CT molecular complexity index is 1270. The van der Waals surface area contributed by atoms with Crippen LogP contribution in [0.4, 0.5) is 5.00 Å². The van der Waals surface area contributed by atoms with Crippen molar-refractivity contribution in [3.63, 3.8) is 0 Å². The molecule has 2 aliphatic rings. The van der Waals surface area contributed by atoms with Crippen LogP contribution < -0.4 is 20.1 Å². The zero-order chi connectivity index (χ0) is 23.1. The molecule has 9 heteroatoms. The second-order valence-electron chi connectivity index (χ2n) is 7.89. The van der Waals surface area contributed by atoms with Gasteiger partial charge in [-0.3, -0.25) is 4.79 Å². The van der Waals surface area contributed by atoms with E-state index in [1.807, 2.05) is 0 Å². The maximum atomic E-state index is 12.9. The fourth-order valence-corrected chi connectivity index (χ4v) is 6.00. The van der Waals surface area contributed by atoms with Gasteiger partial charge in [0, 0.05) is 9.90 Å². The minimum absolute atomic E-state index is 0.0694. The number of benzene rings is 2. The van der Waals surface area contributed by atoms with Crippen LogP contribution in [0.2, 0.25) is 10.0 Å². The first-order valence-corrected chi connectivity index (χ1v) is 12.1. The first-order chi connectivity index (χ1) is 15.9. The quantitative estimate of drug-likeness (QED) is 0.337. The second-order valence-corrected chi connectivity index (χ2v) is 9.84. The standard InChI is InChI=1S/C24H20Cl2N2O4S/c1-31-18-10-12(6-9-17(18)32-24(30)14-8-7-13(25)11-16(14)26)21-27-22(29)20-15-4-2-3-5-19(15)33-23(20)28-21/h6-11,21,28H,2-5H2,1H3,(H,27,29). The summed E-state index contributed by atoms with van der Waals surface area (Å²) in [6.07, 6.45) is 3.83. The van der Waals surface area contributed by atoms with Crippen LogP contribution in [0.1, 0.15) is 55.7 Å². The molecule has 5 rings (SSSR count). The Hall–Kier alpha value is -2.74. The van der Waals surface area contributed by atoms with Gasteiger partial charge >= 0.3 is 5.97 Å². The smallest absolute Gasteiger partial charge is 0.345 e. The van der Waals surface area contributed by atoms with Gasteiger partial charge in [0.1, 0.15) is 11.2 Å². The summed E-state index contributed by atoms with van der Waals surface area (Å²) in [6.45, 7) is 0. The van der Waals surface area contributed by atoms with Crippen molar-refractivity contribution in [2.75, 3.05) is 12.4 Å². The number of aryl methyl sites for hydroxylation is 1. The van der Waals surface area contributed by atoms with Gasteiger partial charge in [-0.05, 0) is 67.1 Å². The van der Waals surface area contributed by atoms with E-state index in [4.69, 9.17) is 32.7 Å². The summed E-state index contributed by atoms with van der Waals surface area (Å²) in [6, 6.07) is 9.71. The molecule has 2 N–H and O–H groups in total. The number of ether oxygens (including phenoxy) is 2. The highest BCUT2D eigenvalue weighted by Gasteiger charge is 2.32. The molecule has 6 nitrogen and oxygen atoms in total. The molecule has 1 unspecified atom stereocenters. The number of hydrogen-bond donors (Lipinski definition) is 2. The molecule has 0 radical (unpaired) electrons.